The summed E-state index contributed by atoms with van der Waals surface area (Å²) in [6.45, 7) is 4.63. The summed E-state index contributed by atoms with van der Waals surface area (Å²) in [4.78, 5) is 47.9. The highest BCUT2D eigenvalue weighted by Crippen LogP contribution is 2.32. The molecule has 2 aromatic rings. The molecule has 33 heavy (non-hydrogen) atoms. The Bertz CT molecular complexity index is 1120. The van der Waals surface area contributed by atoms with Gasteiger partial charge in [0.2, 0.25) is 5.91 Å². The van der Waals surface area contributed by atoms with E-state index >= 15 is 0 Å². The van der Waals surface area contributed by atoms with Crippen LogP contribution in [0.2, 0.25) is 0 Å². The average Bonchev–Trinajstić information content (AvgIpc) is 2.80. The molecule has 1 aliphatic rings. The molecule has 0 saturated heterocycles. The van der Waals surface area contributed by atoms with Crippen LogP contribution in [0.5, 0.6) is 5.75 Å². The average molecular weight is 459 g/mol. The number of carboxylic acids is 1. The number of benzene rings is 1. The Hall–Kier alpha value is -3.36. The van der Waals surface area contributed by atoms with Crippen molar-refractivity contribution < 1.29 is 28.6 Å². The Labute approximate surface area is 191 Å². The molecule has 3 N–H and O–H groups in total. The van der Waals surface area contributed by atoms with E-state index in [0.717, 1.165) is 42.2 Å². The summed E-state index contributed by atoms with van der Waals surface area (Å²) in [5, 5.41) is 15.0. The lowest BCUT2D eigenvalue weighted by molar-refractivity contribution is -0.143. The maximum Gasteiger partial charge on any atom is 0.339 e. The van der Waals surface area contributed by atoms with Crippen molar-refractivity contribution in [2.24, 2.45) is 5.92 Å². The fraction of sp³-hybridized carbons (Fsp3) is 0.500. The number of aryl methyl sites for hydroxylation is 2. The molecule has 2 atom stereocenters. The third kappa shape index (κ3) is 5.53. The molecule has 1 aromatic carbocycles. The van der Waals surface area contributed by atoms with E-state index in [-0.39, 0.29) is 24.7 Å². The van der Waals surface area contributed by atoms with Crippen LogP contribution >= 0.6 is 0 Å². The second-order valence-electron chi connectivity index (χ2n) is 8.45. The Kier molecular flexibility index (Phi) is 7.73. The molecule has 1 heterocycles. The molecule has 3 rings (SSSR count). The number of aliphatic carboxylic acids is 1. The molecule has 9 nitrogen and oxygen atoms in total. The fourth-order valence-electron chi connectivity index (χ4n) is 4.06. The molecule has 0 saturated carbocycles. The largest absolute Gasteiger partial charge is 0.483 e. The van der Waals surface area contributed by atoms with Crippen molar-refractivity contribution in [2.75, 3.05) is 13.2 Å². The predicted octanol–water partition coefficient (Wildman–Crippen LogP) is 2.09. The van der Waals surface area contributed by atoms with E-state index in [1.54, 1.807) is 19.9 Å². The molecular formula is C24H30N2O7. The first-order valence-corrected chi connectivity index (χ1v) is 11.2. The smallest absolute Gasteiger partial charge is 0.339 e. The SMILES string of the molecule is CC[C@@H](C)[C@@H](NC(=O)CNC(=O)COc1ccc2c3c(c(=O)oc2c1C)CCCC3)C(=O)O. The molecule has 0 aliphatic heterocycles. The standard InChI is InChI=1S/C24H30N2O7/c1-4-13(2)21(23(29)30)26-19(27)11-25-20(28)12-32-18-10-9-16-15-7-5-6-8-17(15)24(31)33-22(16)14(18)3/h9-10,13,21H,4-8,11-12H2,1-3H3,(H,25,28)(H,26,27)(H,29,30)/t13-,21-/m1/s1. The quantitative estimate of drug-likeness (QED) is 0.490. The third-order valence-corrected chi connectivity index (χ3v) is 6.19. The highest BCUT2D eigenvalue weighted by Gasteiger charge is 2.25. The van der Waals surface area contributed by atoms with E-state index in [9.17, 15) is 24.3 Å². The van der Waals surface area contributed by atoms with Crippen LogP contribution in [0, 0.1) is 12.8 Å². The van der Waals surface area contributed by atoms with Gasteiger partial charge in [0.25, 0.3) is 5.91 Å². The van der Waals surface area contributed by atoms with E-state index in [4.69, 9.17) is 9.15 Å². The minimum absolute atomic E-state index is 0.243. The normalized spacial score (nSPS) is 14.8. The monoisotopic (exact) mass is 458 g/mol. The van der Waals surface area contributed by atoms with E-state index in [2.05, 4.69) is 10.6 Å². The van der Waals surface area contributed by atoms with E-state index in [1.807, 2.05) is 13.0 Å². The number of fused-ring (bicyclic) bond motifs is 3. The molecule has 9 heteroatoms. The summed E-state index contributed by atoms with van der Waals surface area (Å²) in [5.74, 6) is -2.08. The van der Waals surface area contributed by atoms with Gasteiger partial charge in [0, 0.05) is 16.5 Å². The number of carbonyl (C=O) groups excluding carboxylic acids is 2. The Balaban J connectivity index is 1.60. The van der Waals surface area contributed by atoms with Crippen LogP contribution < -0.4 is 21.0 Å². The Morgan fingerprint density at radius 1 is 1.15 bits per heavy atom. The molecule has 1 aromatic heterocycles. The van der Waals surface area contributed by atoms with Crippen LogP contribution in [0.25, 0.3) is 11.0 Å². The molecule has 0 unspecified atom stereocenters. The van der Waals surface area contributed by atoms with Crippen LogP contribution in [0.3, 0.4) is 0 Å². The van der Waals surface area contributed by atoms with Gasteiger partial charge in [-0.1, -0.05) is 20.3 Å². The van der Waals surface area contributed by atoms with Crippen molar-refractivity contribution in [2.45, 2.75) is 58.9 Å². The zero-order valence-corrected chi connectivity index (χ0v) is 19.2. The fourth-order valence-corrected chi connectivity index (χ4v) is 4.06. The minimum Gasteiger partial charge on any atom is -0.483 e. The van der Waals surface area contributed by atoms with Crippen LogP contribution in [-0.4, -0.2) is 42.1 Å². The topological polar surface area (TPSA) is 135 Å². The van der Waals surface area contributed by atoms with E-state index in [1.165, 1.54) is 0 Å². The first kappa shape index (κ1) is 24.3. The van der Waals surface area contributed by atoms with Gasteiger partial charge in [0.1, 0.15) is 17.4 Å². The van der Waals surface area contributed by atoms with Crippen LogP contribution in [0.4, 0.5) is 0 Å². The van der Waals surface area contributed by atoms with Crippen molar-refractivity contribution in [3.63, 3.8) is 0 Å². The predicted molar refractivity (Wildman–Crippen MR) is 121 cm³/mol. The van der Waals surface area contributed by atoms with Gasteiger partial charge in [-0.25, -0.2) is 9.59 Å². The van der Waals surface area contributed by atoms with Gasteiger partial charge in [-0.3, -0.25) is 9.59 Å². The van der Waals surface area contributed by atoms with Gasteiger partial charge >= 0.3 is 11.6 Å². The summed E-state index contributed by atoms with van der Waals surface area (Å²) in [5.41, 5.74) is 2.54. The van der Waals surface area contributed by atoms with Crippen molar-refractivity contribution >= 4 is 28.8 Å². The lowest BCUT2D eigenvalue weighted by Crippen LogP contribution is -2.48. The number of carboxylic acid groups (broad SMARTS) is 1. The van der Waals surface area contributed by atoms with Gasteiger partial charge < -0.3 is 24.9 Å². The zero-order chi connectivity index (χ0) is 24.1. The molecule has 2 amide bonds. The first-order valence-electron chi connectivity index (χ1n) is 11.2. The van der Waals surface area contributed by atoms with Crippen molar-refractivity contribution in [1.29, 1.82) is 0 Å². The minimum atomic E-state index is -1.12. The summed E-state index contributed by atoms with van der Waals surface area (Å²) in [7, 11) is 0. The number of ether oxygens (including phenoxy) is 1. The number of hydrogen-bond donors (Lipinski definition) is 3. The van der Waals surface area contributed by atoms with Crippen LogP contribution in [0.1, 0.15) is 49.8 Å². The zero-order valence-electron chi connectivity index (χ0n) is 19.2. The van der Waals surface area contributed by atoms with Gasteiger partial charge in [0.05, 0.1) is 6.54 Å². The molecule has 1 aliphatic carbocycles. The number of hydrogen-bond acceptors (Lipinski definition) is 6. The van der Waals surface area contributed by atoms with Gasteiger partial charge in [0.15, 0.2) is 6.61 Å². The second kappa shape index (κ2) is 10.5. The highest BCUT2D eigenvalue weighted by molar-refractivity contribution is 5.89. The van der Waals surface area contributed by atoms with Crippen LogP contribution in [-0.2, 0) is 27.2 Å². The number of amides is 2. The van der Waals surface area contributed by atoms with Crippen molar-refractivity contribution in [3.8, 4) is 5.75 Å². The van der Waals surface area contributed by atoms with E-state index in [0.29, 0.717) is 23.3 Å². The maximum absolute atomic E-state index is 12.4. The number of nitrogens with one attached hydrogen (secondary N) is 2. The molecule has 0 fully saturated rings. The Morgan fingerprint density at radius 3 is 2.52 bits per heavy atom. The summed E-state index contributed by atoms with van der Waals surface area (Å²) in [6, 6.07) is 2.57. The second-order valence-corrected chi connectivity index (χ2v) is 8.45. The van der Waals surface area contributed by atoms with Gasteiger partial charge in [-0.05, 0) is 56.2 Å². The van der Waals surface area contributed by atoms with Crippen molar-refractivity contribution in [3.05, 3.63) is 39.2 Å². The summed E-state index contributed by atoms with van der Waals surface area (Å²) in [6.07, 6.45) is 4.16. The summed E-state index contributed by atoms with van der Waals surface area (Å²) >= 11 is 0. The van der Waals surface area contributed by atoms with Gasteiger partial charge in [-0.15, -0.1) is 0 Å². The number of rotatable bonds is 9. The maximum atomic E-state index is 12.4. The molecule has 0 spiro atoms. The van der Waals surface area contributed by atoms with Gasteiger partial charge in [-0.2, -0.15) is 0 Å². The Morgan fingerprint density at radius 2 is 1.85 bits per heavy atom. The lowest BCUT2D eigenvalue weighted by Gasteiger charge is -2.20. The van der Waals surface area contributed by atoms with Crippen molar-refractivity contribution in [1.82, 2.24) is 10.6 Å². The summed E-state index contributed by atoms with van der Waals surface area (Å²) < 4.78 is 11.2. The molecule has 0 radical (unpaired) electrons. The first-order chi connectivity index (χ1) is 15.7. The lowest BCUT2D eigenvalue weighted by atomic mass is 9.90. The van der Waals surface area contributed by atoms with Crippen LogP contribution in [0.15, 0.2) is 21.3 Å². The molecule has 178 valence electrons. The molecular weight excluding hydrogens is 428 g/mol. The third-order valence-electron chi connectivity index (χ3n) is 6.19. The van der Waals surface area contributed by atoms with E-state index < -0.39 is 23.8 Å². The number of carbonyl (C=O) groups is 3. The molecule has 0 bridgehead atoms. The highest BCUT2D eigenvalue weighted by atomic mass is 16.5.